The number of para-hydroxylation sites is 2. The van der Waals surface area contributed by atoms with Gasteiger partial charge in [-0.05, 0) is 24.3 Å². The molecule has 0 bridgehead atoms. The Balaban J connectivity index is 2.18. The van der Waals surface area contributed by atoms with Crippen molar-refractivity contribution in [2.75, 3.05) is 5.01 Å². The molecule has 0 aliphatic carbocycles. The Labute approximate surface area is 116 Å². The van der Waals surface area contributed by atoms with Crippen LogP contribution in [-0.4, -0.2) is 5.78 Å². The first-order valence-corrected chi connectivity index (χ1v) is 7.02. The van der Waals surface area contributed by atoms with Crippen LogP contribution in [0.2, 0.25) is 0 Å². The highest BCUT2D eigenvalue weighted by Gasteiger charge is 2.25. The van der Waals surface area contributed by atoms with E-state index >= 15 is 0 Å². The summed E-state index contributed by atoms with van der Waals surface area (Å²) in [6, 6.07) is 13.7. The lowest BCUT2D eigenvalue weighted by Gasteiger charge is -2.30. The Kier molecular flexibility index (Phi) is 3.05. The number of carbonyl (C=O) groups is 1. The van der Waals surface area contributed by atoms with Gasteiger partial charge in [0.1, 0.15) is 0 Å². The summed E-state index contributed by atoms with van der Waals surface area (Å²) in [6.45, 7) is 1.87. The summed E-state index contributed by atoms with van der Waals surface area (Å²) in [4.78, 5) is 14.2. The van der Waals surface area contributed by atoms with E-state index in [1.165, 1.54) is 0 Å². The van der Waals surface area contributed by atoms with E-state index in [0.717, 1.165) is 21.2 Å². The SMILES string of the molecule is CCC(=O)c1cccc2c1N(N)c1ccccc1S2. The van der Waals surface area contributed by atoms with Crippen LogP contribution in [0.1, 0.15) is 23.7 Å². The molecule has 0 amide bonds. The Morgan fingerprint density at radius 1 is 1.16 bits per heavy atom. The number of hydrogen-bond donors (Lipinski definition) is 1. The molecular weight excluding hydrogens is 256 g/mol. The Bertz CT molecular complexity index is 654. The van der Waals surface area contributed by atoms with Gasteiger partial charge in [-0.3, -0.25) is 9.80 Å². The van der Waals surface area contributed by atoms with E-state index in [9.17, 15) is 4.79 Å². The van der Waals surface area contributed by atoms with Crippen molar-refractivity contribution in [3.8, 4) is 0 Å². The van der Waals surface area contributed by atoms with E-state index in [1.807, 2.05) is 49.4 Å². The fourth-order valence-electron chi connectivity index (χ4n) is 2.25. The second kappa shape index (κ2) is 4.72. The number of carbonyl (C=O) groups excluding carboxylic acids is 1. The first kappa shape index (κ1) is 12.3. The normalized spacial score (nSPS) is 12.8. The monoisotopic (exact) mass is 270 g/mol. The highest BCUT2D eigenvalue weighted by atomic mass is 32.2. The van der Waals surface area contributed by atoms with E-state index < -0.39 is 0 Å². The molecule has 0 aromatic heterocycles. The van der Waals surface area contributed by atoms with Crippen LogP contribution < -0.4 is 10.9 Å². The molecular formula is C15H14N2OS. The second-order valence-corrected chi connectivity index (χ2v) is 5.45. The first-order valence-electron chi connectivity index (χ1n) is 6.20. The molecule has 2 N–H and O–H groups in total. The molecule has 1 aliphatic rings. The first-order chi connectivity index (χ1) is 9.22. The summed E-state index contributed by atoms with van der Waals surface area (Å²) in [6.07, 6.45) is 0.483. The quantitative estimate of drug-likeness (QED) is 0.666. The fourth-order valence-corrected chi connectivity index (χ4v) is 3.36. The van der Waals surface area contributed by atoms with Crippen molar-refractivity contribution in [3.05, 3.63) is 48.0 Å². The van der Waals surface area contributed by atoms with Gasteiger partial charge in [0.05, 0.1) is 11.4 Å². The second-order valence-electron chi connectivity index (χ2n) is 4.37. The molecule has 0 saturated heterocycles. The smallest absolute Gasteiger partial charge is 0.164 e. The lowest BCUT2D eigenvalue weighted by molar-refractivity contribution is 0.0988. The van der Waals surface area contributed by atoms with Gasteiger partial charge in [0.25, 0.3) is 0 Å². The maximum atomic E-state index is 12.1. The molecule has 4 heteroatoms. The third kappa shape index (κ3) is 1.93. The van der Waals surface area contributed by atoms with Gasteiger partial charge in [0.15, 0.2) is 5.78 Å². The third-order valence-electron chi connectivity index (χ3n) is 3.21. The molecule has 0 atom stereocenters. The minimum atomic E-state index is 0.118. The summed E-state index contributed by atoms with van der Waals surface area (Å²) in [5.41, 5.74) is 2.46. The van der Waals surface area contributed by atoms with Gasteiger partial charge >= 0.3 is 0 Å². The number of benzene rings is 2. The molecule has 96 valence electrons. The zero-order valence-electron chi connectivity index (χ0n) is 10.6. The molecule has 0 radical (unpaired) electrons. The predicted octanol–water partition coefficient (Wildman–Crippen LogP) is 3.76. The molecule has 0 spiro atoms. The molecule has 2 aromatic carbocycles. The fraction of sp³-hybridized carbons (Fsp3) is 0.133. The van der Waals surface area contributed by atoms with Crippen molar-refractivity contribution >= 4 is 28.9 Å². The van der Waals surface area contributed by atoms with Gasteiger partial charge in [-0.2, -0.15) is 0 Å². The summed E-state index contributed by atoms with van der Waals surface area (Å²) >= 11 is 1.65. The average Bonchev–Trinajstić information content (AvgIpc) is 2.46. The van der Waals surface area contributed by atoms with Crippen LogP contribution in [0.25, 0.3) is 0 Å². The van der Waals surface area contributed by atoms with E-state index in [1.54, 1.807) is 16.8 Å². The maximum absolute atomic E-state index is 12.1. The molecule has 1 heterocycles. The van der Waals surface area contributed by atoms with Gasteiger partial charge < -0.3 is 0 Å². The van der Waals surface area contributed by atoms with Crippen molar-refractivity contribution in [2.45, 2.75) is 23.1 Å². The molecule has 19 heavy (non-hydrogen) atoms. The van der Waals surface area contributed by atoms with E-state index in [2.05, 4.69) is 0 Å². The number of anilines is 2. The number of fused-ring (bicyclic) bond motifs is 2. The highest BCUT2D eigenvalue weighted by molar-refractivity contribution is 7.99. The molecule has 2 aromatic rings. The van der Waals surface area contributed by atoms with Crippen LogP contribution in [0.15, 0.2) is 52.3 Å². The predicted molar refractivity (Wildman–Crippen MR) is 78.0 cm³/mol. The van der Waals surface area contributed by atoms with Crippen molar-refractivity contribution in [2.24, 2.45) is 5.84 Å². The molecule has 0 fully saturated rings. The van der Waals surface area contributed by atoms with Crippen molar-refractivity contribution in [1.29, 1.82) is 0 Å². The number of hydrogen-bond acceptors (Lipinski definition) is 4. The minimum Gasteiger partial charge on any atom is -0.294 e. The largest absolute Gasteiger partial charge is 0.294 e. The van der Waals surface area contributed by atoms with Crippen molar-refractivity contribution in [3.63, 3.8) is 0 Å². The summed E-state index contributed by atoms with van der Waals surface area (Å²) < 4.78 is 0. The summed E-state index contributed by atoms with van der Waals surface area (Å²) in [7, 11) is 0. The van der Waals surface area contributed by atoms with Gasteiger partial charge in [-0.25, -0.2) is 5.84 Å². The Morgan fingerprint density at radius 2 is 1.89 bits per heavy atom. The lowest BCUT2D eigenvalue weighted by Crippen LogP contribution is -2.29. The third-order valence-corrected chi connectivity index (χ3v) is 4.32. The minimum absolute atomic E-state index is 0.118. The summed E-state index contributed by atoms with van der Waals surface area (Å²) in [5.74, 6) is 6.34. The molecule has 3 rings (SSSR count). The molecule has 1 aliphatic heterocycles. The van der Waals surface area contributed by atoms with E-state index in [4.69, 9.17) is 5.84 Å². The molecule has 0 saturated carbocycles. The Hall–Kier alpha value is -1.78. The number of rotatable bonds is 2. The number of nitrogens with zero attached hydrogens (tertiary/aromatic N) is 1. The van der Waals surface area contributed by atoms with Crippen molar-refractivity contribution in [1.82, 2.24) is 0 Å². The van der Waals surface area contributed by atoms with E-state index in [0.29, 0.717) is 12.0 Å². The number of hydrazine groups is 1. The highest BCUT2D eigenvalue weighted by Crippen LogP contribution is 2.47. The Morgan fingerprint density at radius 3 is 2.68 bits per heavy atom. The van der Waals surface area contributed by atoms with Crippen molar-refractivity contribution < 1.29 is 4.79 Å². The number of nitrogens with two attached hydrogens (primary N) is 1. The van der Waals surface area contributed by atoms with Gasteiger partial charge in [0.2, 0.25) is 0 Å². The van der Waals surface area contributed by atoms with Crippen LogP contribution in [-0.2, 0) is 0 Å². The van der Waals surface area contributed by atoms with Gasteiger partial charge in [-0.15, -0.1) is 0 Å². The van der Waals surface area contributed by atoms with Gasteiger partial charge in [0, 0.05) is 21.8 Å². The topological polar surface area (TPSA) is 46.3 Å². The standard InChI is InChI=1S/C15H14N2OS/c1-2-12(18)10-6-5-9-14-15(10)17(16)11-7-3-4-8-13(11)19-14/h3-9H,2,16H2,1H3. The average molecular weight is 270 g/mol. The van der Waals surface area contributed by atoms with Crippen LogP contribution in [0.5, 0.6) is 0 Å². The lowest BCUT2D eigenvalue weighted by atomic mass is 10.1. The van der Waals surface area contributed by atoms with Gasteiger partial charge in [-0.1, -0.05) is 36.9 Å². The number of Topliss-reactive ketones (excluding diaryl/α,β-unsaturated/α-hetero) is 1. The zero-order valence-corrected chi connectivity index (χ0v) is 11.4. The number of ketones is 1. The molecule has 3 nitrogen and oxygen atoms in total. The van der Waals surface area contributed by atoms with Crippen LogP contribution in [0.3, 0.4) is 0 Å². The maximum Gasteiger partial charge on any atom is 0.164 e. The van der Waals surface area contributed by atoms with Crippen LogP contribution in [0.4, 0.5) is 11.4 Å². The summed E-state index contributed by atoms with van der Waals surface area (Å²) in [5, 5.41) is 1.63. The van der Waals surface area contributed by atoms with Crippen LogP contribution in [0, 0.1) is 0 Å². The van der Waals surface area contributed by atoms with E-state index in [-0.39, 0.29) is 5.78 Å². The molecule has 0 unspecified atom stereocenters. The zero-order chi connectivity index (χ0) is 13.4. The van der Waals surface area contributed by atoms with Crippen LogP contribution >= 0.6 is 11.8 Å².